The molecule has 136 valence electrons. The van der Waals surface area contributed by atoms with Crippen LogP contribution in [0, 0.1) is 0 Å². The molecule has 0 unspecified atom stereocenters. The van der Waals surface area contributed by atoms with Crippen molar-refractivity contribution in [1.82, 2.24) is 15.5 Å². The maximum Gasteiger partial charge on any atom is 0.314 e. The van der Waals surface area contributed by atoms with Gasteiger partial charge in [0.2, 0.25) is 5.91 Å². The Labute approximate surface area is 150 Å². The first kappa shape index (κ1) is 18.9. The molecule has 2 rings (SSSR count). The Bertz CT molecular complexity index is 637. The van der Waals surface area contributed by atoms with E-state index in [-0.39, 0.29) is 36.0 Å². The van der Waals surface area contributed by atoms with Crippen molar-refractivity contribution in [2.75, 3.05) is 39.6 Å². The molecule has 25 heavy (non-hydrogen) atoms. The Morgan fingerprint density at radius 2 is 1.88 bits per heavy atom. The van der Waals surface area contributed by atoms with E-state index in [1.807, 2.05) is 18.2 Å². The third-order valence-electron chi connectivity index (χ3n) is 3.61. The van der Waals surface area contributed by atoms with Gasteiger partial charge in [-0.3, -0.25) is 14.5 Å². The molecule has 0 bridgehead atoms. The van der Waals surface area contributed by atoms with E-state index in [1.54, 1.807) is 14.2 Å². The lowest BCUT2D eigenvalue weighted by Gasteiger charge is -2.13. The second kappa shape index (κ2) is 9.16. The van der Waals surface area contributed by atoms with E-state index in [4.69, 9.17) is 9.47 Å². The second-order valence-corrected chi connectivity index (χ2v) is 6.15. The Morgan fingerprint density at radius 3 is 2.52 bits per heavy atom. The van der Waals surface area contributed by atoms with Crippen LogP contribution in [0.25, 0.3) is 0 Å². The van der Waals surface area contributed by atoms with E-state index < -0.39 is 0 Å². The predicted molar refractivity (Wildman–Crippen MR) is 94.2 cm³/mol. The van der Waals surface area contributed by atoms with Crippen LogP contribution in [0.3, 0.4) is 0 Å². The normalized spacial score (nSPS) is 13.8. The summed E-state index contributed by atoms with van der Waals surface area (Å²) in [5.74, 6) is 1.25. The summed E-state index contributed by atoms with van der Waals surface area (Å²) in [5, 5.41) is 5.09. The van der Waals surface area contributed by atoms with Gasteiger partial charge in [0.15, 0.2) is 11.5 Å². The van der Waals surface area contributed by atoms with Crippen LogP contribution in [-0.4, -0.2) is 61.7 Å². The number of urea groups is 1. The molecule has 0 atom stereocenters. The van der Waals surface area contributed by atoms with Crippen LogP contribution in [0.15, 0.2) is 18.2 Å². The number of ether oxygens (including phenoxy) is 2. The van der Waals surface area contributed by atoms with Crippen molar-refractivity contribution in [2.24, 2.45) is 0 Å². The second-order valence-electron chi connectivity index (χ2n) is 5.22. The number of nitrogens with zero attached hydrogens (tertiary/aromatic N) is 1. The van der Waals surface area contributed by atoms with E-state index in [0.717, 1.165) is 22.2 Å². The molecule has 9 heteroatoms. The molecular formula is C16H21N3O5S. The highest BCUT2D eigenvalue weighted by Gasteiger charge is 2.29. The third kappa shape index (κ3) is 5.28. The summed E-state index contributed by atoms with van der Waals surface area (Å²) in [4.78, 5) is 35.7. The zero-order chi connectivity index (χ0) is 18.2. The number of methoxy groups -OCH3 is 2. The number of nitrogens with one attached hydrogen (secondary N) is 2. The van der Waals surface area contributed by atoms with Gasteiger partial charge in [-0.15, -0.1) is 0 Å². The number of carbonyl (C=O) groups excluding carboxylic acids is 3. The first-order chi connectivity index (χ1) is 12.0. The van der Waals surface area contributed by atoms with Crippen LogP contribution >= 0.6 is 11.8 Å². The molecule has 1 saturated heterocycles. The summed E-state index contributed by atoms with van der Waals surface area (Å²) >= 11 is 0.979. The summed E-state index contributed by atoms with van der Waals surface area (Å²) in [5.41, 5.74) is 1.00. The lowest BCUT2D eigenvalue weighted by Crippen LogP contribution is -2.42. The van der Waals surface area contributed by atoms with E-state index in [9.17, 15) is 14.4 Å². The standard InChI is InChI=1S/C16H21N3O5S/c1-23-12-4-3-11(9-13(12)24-2)5-6-17-15(21)18-7-8-19-14(20)10-25-16(19)22/h3-4,9H,5-8,10H2,1-2H3,(H2,17,18,21). The van der Waals surface area contributed by atoms with E-state index in [1.165, 1.54) is 0 Å². The Balaban J connectivity index is 1.68. The SMILES string of the molecule is COc1ccc(CCNC(=O)NCCN2C(=O)CSC2=O)cc1OC. The van der Waals surface area contributed by atoms with Crippen molar-refractivity contribution >= 4 is 28.9 Å². The smallest absolute Gasteiger partial charge is 0.314 e. The Morgan fingerprint density at radius 1 is 1.16 bits per heavy atom. The minimum absolute atomic E-state index is 0.177. The lowest BCUT2D eigenvalue weighted by atomic mass is 10.1. The summed E-state index contributed by atoms with van der Waals surface area (Å²) in [6.07, 6.45) is 0.632. The maximum atomic E-state index is 11.7. The van der Waals surface area contributed by atoms with Gasteiger partial charge in [-0.25, -0.2) is 4.79 Å². The summed E-state index contributed by atoms with van der Waals surface area (Å²) in [6, 6.07) is 5.24. The van der Waals surface area contributed by atoms with E-state index in [0.29, 0.717) is 24.5 Å². The molecule has 1 aliphatic heterocycles. The zero-order valence-corrected chi connectivity index (χ0v) is 15.0. The number of benzene rings is 1. The molecule has 1 heterocycles. The highest BCUT2D eigenvalue weighted by molar-refractivity contribution is 8.14. The number of hydrogen-bond acceptors (Lipinski definition) is 6. The van der Waals surface area contributed by atoms with Gasteiger partial charge in [-0.05, 0) is 24.1 Å². The first-order valence-corrected chi connectivity index (χ1v) is 8.73. The molecular weight excluding hydrogens is 346 g/mol. The van der Waals surface area contributed by atoms with Crippen molar-refractivity contribution in [2.45, 2.75) is 6.42 Å². The molecule has 0 aliphatic carbocycles. The van der Waals surface area contributed by atoms with Crippen LogP contribution < -0.4 is 20.1 Å². The molecule has 1 fully saturated rings. The van der Waals surface area contributed by atoms with Crippen LogP contribution in [0.2, 0.25) is 0 Å². The lowest BCUT2D eigenvalue weighted by molar-refractivity contribution is -0.124. The summed E-state index contributed by atoms with van der Waals surface area (Å²) in [7, 11) is 3.15. The zero-order valence-electron chi connectivity index (χ0n) is 14.2. The van der Waals surface area contributed by atoms with E-state index >= 15 is 0 Å². The van der Waals surface area contributed by atoms with Crippen LogP contribution in [0.1, 0.15) is 5.56 Å². The highest BCUT2D eigenvalue weighted by Crippen LogP contribution is 2.27. The number of thioether (sulfide) groups is 1. The molecule has 1 aliphatic rings. The molecule has 1 aromatic rings. The molecule has 0 aromatic heterocycles. The van der Waals surface area contributed by atoms with Gasteiger partial charge in [0.25, 0.3) is 5.24 Å². The summed E-state index contributed by atoms with van der Waals surface area (Å²) < 4.78 is 10.4. The van der Waals surface area contributed by atoms with Crippen LogP contribution in [0.5, 0.6) is 11.5 Å². The molecule has 0 saturated carbocycles. The Hall–Kier alpha value is -2.42. The number of amides is 4. The quantitative estimate of drug-likeness (QED) is 0.718. The molecule has 8 nitrogen and oxygen atoms in total. The monoisotopic (exact) mass is 367 g/mol. The van der Waals surface area contributed by atoms with E-state index in [2.05, 4.69) is 10.6 Å². The maximum absolute atomic E-state index is 11.7. The number of carbonyl (C=O) groups is 3. The third-order valence-corrected chi connectivity index (χ3v) is 4.47. The Kier molecular flexibility index (Phi) is 6.93. The molecule has 0 radical (unpaired) electrons. The van der Waals surface area contributed by atoms with Crippen LogP contribution in [0.4, 0.5) is 9.59 Å². The largest absolute Gasteiger partial charge is 0.493 e. The molecule has 1 aromatic carbocycles. The summed E-state index contributed by atoms with van der Waals surface area (Å²) in [6.45, 7) is 0.854. The van der Waals surface area contributed by atoms with Crippen LogP contribution in [-0.2, 0) is 11.2 Å². The predicted octanol–water partition coefficient (Wildman–Crippen LogP) is 1.24. The number of rotatable bonds is 8. The minimum Gasteiger partial charge on any atom is -0.493 e. The molecule has 0 spiro atoms. The minimum atomic E-state index is -0.341. The van der Waals surface area contributed by atoms with Gasteiger partial charge in [-0.1, -0.05) is 17.8 Å². The van der Waals surface area contributed by atoms with Gasteiger partial charge in [0.1, 0.15) is 0 Å². The average Bonchev–Trinajstić information content (AvgIpc) is 2.93. The topological polar surface area (TPSA) is 97.0 Å². The number of imide groups is 1. The van der Waals surface area contributed by atoms with Gasteiger partial charge in [0, 0.05) is 19.6 Å². The fraction of sp³-hybridized carbons (Fsp3) is 0.438. The fourth-order valence-electron chi connectivity index (χ4n) is 2.30. The average molecular weight is 367 g/mol. The van der Waals surface area contributed by atoms with Crippen molar-refractivity contribution in [3.8, 4) is 11.5 Å². The van der Waals surface area contributed by atoms with Gasteiger partial charge >= 0.3 is 6.03 Å². The number of hydrogen-bond donors (Lipinski definition) is 2. The van der Waals surface area contributed by atoms with Gasteiger partial charge < -0.3 is 20.1 Å². The highest BCUT2D eigenvalue weighted by atomic mass is 32.2. The molecule has 4 amide bonds. The van der Waals surface area contributed by atoms with Crippen molar-refractivity contribution < 1.29 is 23.9 Å². The van der Waals surface area contributed by atoms with Gasteiger partial charge in [0.05, 0.1) is 20.0 Å². The van der Waals surface area contributed by atoms with Crippen molar-refractivity contribution in [1.29, 1.82) is 0 Å². The van der Waals surface area contributed by atoms with Gasteiger partial charge in [-0.2, -0.15) is 0 Å². The molecule has 2 N–H and O–H groups in total. The van der Waals surface area contributed by atoms with Crippen molar-refractivity contribution in [3.05, 3.63) is 23.8 Å². The van der Waals surface area contributed by atoms with Crippen molar-refractivity contribution in [3.63, 3.8) is 0 Å². The fourth-order valence-corrected chi connectivity index (χ4v) is 3.05. The first-order valence-electron chi connectivity index (χ1n) is 7.75.